The number of thiazole rings is 1. The summed E-state index contributed by atoms with van der Waals surface area (Å²) in [4.78, 5) is 33.5. The van der Waals surface area contributed by atoms with E-state index in [0.717, 1.165) is 9.88 Å². The molecule has 3 aromatic heterocycles. The molecule has 0 saturated heterocycles. The van der Waals surface area contributed by atoms with Crippen LogP contribution in [-0.4, -0.2) is 27.9 Å². The normalized spacial score (nSPS) is 11.8. The zero-order valence-electron chi connectivity index (χ0n) is 13.6. The van der Waals surface area contributed by atoms with Crippen molar-refractivity contribution in [3.63, 3.8) is 0 Å². The Balaban J connectivity index is 1.54. The summed E-state index contributed by atoms with van der Waals surface area (Å²) < 4.78 is 5.18. The van der Waals surface area contributed by atoms with Crippen molar-refractivity contribution in [2.75, 3.05) is 5.32 Å². The maximum atomic E-state index is 12.1. The number of nitrogens with zero attached hydrogens (tertiary/aromatic N) is 2. The summed E-state index contributed by atoms with van der Waals surface area (Å²) in [7, 11) is 0. The van der Waals surface area contributed by atoms with Gasteiger partial charge in [-0.2, -0.15) is 0 Å². The lowest BCUT2D eigenvalue weighted by molar-refractivity contribution is -0.152. The number of aromatic nitrogens is 2. The van der Waals surface area contributed by atoms with E-state index in [4.69, 9.17) is 16.3 Å². The highest BCUT2D eigenvalue weighted by atomic mass is 35.5. The van der Waals surface area contributed by atoms with Crippen LogP contribution in [0.1, 0.15) is 12.6 Å². The van der Waals surface area contributed by atoms with E-state index in [-0.39, 0.29) is 11.6 Å². The minimum atomic E-state index is -0.964. The van der Waals surface area contributed by atoms with Gasteiger partial charge in [-0.15, -0.1) is 22.7 Å². The highest BCUT2D eigenvalue weighted by Gasteiger charge is 2.20. The van der Waals surface area contributed by atoms with E-state index in [9.17, 15) is 9.59 Å². The average Bonchev–Trinajstić information content (AvgIpc) is 3.28. The summed E-state index contributed by atoms with van der Waals surface area (Å²) >= 11 is 8.95. The van der Waals surface area contributed by atoms with Gasteiger partial charge in [0.1, 0.15) is 5.01 Å². The number of halogens is 1. The molecule has 0 radical (unpaired) electrons. The molecule has 0 saturated carbocycles. The summed E-state index contributed by atoms with van der Waals surface area (Å²) in [5, 5.41) is 7.40. The van der Waals surface area contributed by atoms with Crippen LogP contribution >= 0.6 is 34.3 Å². The number of hydrogen-bond acceptors (Lipinski definition) is 7. The number of hydrogen-bond donors (Lipinski definition) is 1. The van der Waals surface area contributed by atoms with Crippen LogP contribution in [0.2, 0.25) is 5.15 Å². The van der Waals surface area contributed by atoms with E-state index in [1.165, 1.54) is 24.5 Å². The monoisotopic (exact) mass is 407 g/mol. The molecule has 6 nitrogen and oxygen atoms in total. The van der Waals surface area contributed by atoms with E-state index >= 15 is 0 Å². The van der Waals surface area contributed by atoms with Gasteiger partial charge < -0.3 is 10.1 Å². The fraction of sp³-hybridized carbons (Fsp3) is 0.176. The van der Waals surface area contributed by atoms with E-state index in [1.807, 2.05) is 22.9 Å². The minimum absolute atomic E-state index is 0.00709. The van der Waals surface area contributed by atoms with E-state index < -0.39 is 18.0 Å². The molecule has 134 valence electrons. The summed E-state index contributed by atoms with van der Waals surface area (Å²) in [6.45, 7) is 1.50. The highest BCUT2D eigenvalue weighted by Crippen LogP contribution is 2.28. The van der Waals surface area contributed by atoms with Crippen molar-refractivity contribution in [2.24, 2.45) is 0 Å². The number of ether oxygens (including phenoxy) is 1. The Hall–Kier alpha value is -2.29. The van der Waals surface area contributed by atoms with Crippen LogP contribution in [0.25, 0.3) is 9.88 Å². The van der Waals surface area contributed by atoms with Crippen LogP contribution in [0.15, 0.2) is 41.2 Å². The molecular formula is C17H14ClN3O3S2. The van der Waals surface area contributed by atoms with Crippen molar-refractivity contribution in [1.82, 2.24) is 9.97 Å². The summed E-state index contributed by atoms with van der Waals surface area (Å²) in [6.07, 6.45) is 0.557. The lowest BCUT2D eigenvalue weighted by atomic mass is 10.3. The Bertz CT molecular complexity index is 912. The van der Waals surface area contributed by atoms with Crippen molar-refractivity contribution in [1.29, 1.82) is 0 Å². The maximum Gasteiger partial charge on any atom is 0.312 e. The van der Waals surface area contributed by atoms with Crippen molar-refractivity contribution in [3.05, 3.63) is 52.1 Å². The average molecular weight is 408 g/mol. The molecule has 0 unspecified atom stereocenters. The first kappa shape index (κ1) is 18.5. The third-order valence-electron chi connectivity index (χ3n) is 3.30. The van der Waals surface area contributed by atoms with Crippen LogP contribution in [0.5, 0.6) is 0 Å². The molecule has 1 N–H and O–H groups in total. The predicted octanol–water partition coefficient (Wildman–Crippen LogP) is 4.03. The van der Waals surface area contributed by atoms with Crippen molar-refractivity contribution in [3.8, 4) is 9.88 Å². The topological polar surface area (TPSA) is 81.2 Å². The first-order valence-corrected chi connectivity index (χ1v) is 9.76. The zero-order valence-corrected chi connectivity index (χ0v) is 16.0. The van der Waals surface area contributed by atoms with Gasteiger partial charge in [0.2, 0.25) is 0 Å². The molecule has 3 rings (SSSR count). The summed E-state index contributed by atoms with van der Waals surface area (Å²) in [5.41, 5.74) is 0.980. The summed E-state index contributed by atoms with van der Waals surface area (Å²) in [5.74, 6) is -1.00. The molecule has 9 heteroatoms. The molecule has 0 aliphatic heterocycles. The van der Waals surface area contributed by atoms with Crippen LogP contribution in [0, 0.1) is 0 Å². The van der Waals surface area contributed by atoms with Crippen LogP contribution in [0.4, 0.5) is 5.69 Å². The number of esters is 1. The van der Waals surface area contributed by atoms with Crippen LogP contribution < -0.4 is 5.32 Å². The van der Waals surface area contributed by atoms with E-state index in [1.54, 1.807) is 23.5 Å². The third kappa shape index (κ3) is 4.66. The lowest BCUT2D eigenvalue weighted by Gasteiger charge is -2.13. The van der Waals surface area contributed by atoms with Gasteiger partial charge >= 0.3 is 5.97 Å². The Kier molecular flexibility index (Phi) is 5.97. The van der Waals surface area contributed by atoms with Gasteiger partial charge in [-0.1, -0.05) is 17.7 Å². The Morgan fingerprint density at radius 2 is 2.15 bits per heavy atom. The van der Waals surface area contributed by atoms with E-state index in [2.05, 4.69) is 15.3 Å². The molecule has 0 spiro atoms. The third-order valence-corrected chi connectivity index (χ3v) is 5.53. The fourth-order valence-corrected chi connectivity index (χ4v) is 3.86. The molecule has 3 aromatic rings. The first-order chi connectivity index (χ1) is 12.5. The maximum absolute atomic E-state index is 12.1. The Morgan fingerprint density at radius 1 is 1.31 bits per heavy atom. The fourth-order valence-electron chi connectivity index (χ4n) is 2.06. The number of carbonyl (C=O) groups is 2. The van der Waals surface area contributed by atoms with Gasteiger partial charge in [-0.3, -0.25) is 9.59 Å². The molecule has 0 aliphatic carbocycles. The number of nitrogens with one attached hydrogen (secondary N) is 1. The quantitative estimate of drug-likeness (QED) is 0.492. The molecule has 0 bridgehead atoms. The number of thiophene rings is 1. The highest BCUT2D eigenvalue weighted by molar-refractivity contribution is 7.20. The Morgan fingerprint density at radius 3 is 2.88 bits per heavy atom. The molecule has 0 fully saturated rings. The van der Waals surface area contributed by atoms with Crippen LogP contribution in [0.3, 0.4) is 0 Å². The SMILES string of the molecule is C[C@@H](OC(=O)Cc1csc(-c2cccs2)n1)C(=O)Nc1cccnc1Cl. The predicted molar refractivity (Wildman–Crippen MR) is 103 cm³/mol. The zero-order chi connectivity index (χ0) is 18.5. The molecular weight excluding hydrogens is 394 g/mol. The van der Waals surface area contributed by atoms with Crippen molar-refractivity contribution in [2.45, 2.75) is 19.4 Å². The molecule has 0 aromatic carbocycles. The second-order valence-electron chi connectivity index (χ2n) is 5.26. The van der Waals surface area contributed by atoms with E-state index in [0.29, 0.717) is 11.4 Å². The molecule has 1 amide bonds. The van der Waals surface area contributed by atoms with Crippen molar-refractivity contribution < 1.29 is 14.3 Å². The number of rotatable bonds is 6. The lowest BCUT2D eigenvalue weighted by Crippen LogP contribution is -2.30. The molecule has 0 aliphatic rings. The smallest absolute Gasteiger partial charge is 0.312 e. The molecule has 3 heterocycles. The summed E-state index contributed by atoms with van der Waals surface area (Å²) in [6, 6.07) is 7.18. The van der Waals surface area contributed by atoms with Crippen molar-refractivity contribution >= 4 is 51.8 Å². The second kappa shape index (κ2) is 8.39. The largest absolute Gasteiger partial charge is 0.452 e. The minimum Gasteiger partial charge on any atom is -0.452 e. The molecule has 1 atom stereocenters. The van der Waals surface area contributed by atoms with Gasteiger partial charge in [0.25, 0.3) is 5.91 Å². The second-order valence-corrected chi connectivity index (χ2v) is 7.42. The number of carbonyl (C=O) groups excluding carboxylic acids is 2. The van der Waals surface area contributed by atoms with Gasteiger partial charge in [0, 0.05) is 11.6 Å². The standard InChI is InChI=1S/C17H14ClN3O3S2/c1-10(16(23)21-12-4-2-6-19-15(12)18)24-14(22)8-11-9-26-17(20-11)13-5-3-7-25-13/h2-7,9-10H,8H2,1H3,(H,21,23)/t10-/m1/s1. The molecule has 26 heavy (non-hydrogen) atoms. The number of pyridine rings is 1. The van der Waals surface area contributed by atoms with Gasteiger partial charge in [0.05, 0.1) is 22.7 Å². The first-order valence-electron chi connectivity index (χ1n) is 7.62. The number of amides is 1. The van der Waals surface area contributed by atoms with Gasteiger partial charge in [-0.05, 0) is 30.5 Å². The Labute approximate surface area is 162 Å². The van der Waals surface area contributed by atoms with Gasteiger partial charge in [-0.25, -0.2) is 9.97 Å². The number of anilines is 1. The van der Waals surface area contributed by atoms with Crippen LogP contribution in [-0.2, 0) is 20.7 Å². The van der Waals surface area contributed by atoms with Gasteiger partial charge in [0.15, 0.2) is 11.3 Å².